The summed E-state index contributed by atoms with van der Waals surface area (Å²) in [4.78, 5) is 10.7. The van der Waals surface area contributed by atoms with Crippen LogP contribution in [0.1, 0.15) is 15.9 Å². The van der Waals surface area contributed by atoms with E-state index in [0.29, 0.717) is 22.8 Å². The van der Waals surface area contributed by atoms with Gasteiger partial charge in [-0.1, -0.05) is 12.1 Å². The van der Waals surface area contributed by atoms with Crippen LogP contribution >= 0.6 is 0 Å². The Kier molecular flexibility index (Phi) is 4.66. The number of aldehydes is 1. The lowest BCUT2D eigenvalue weighted by Crippen LogP contribution is -2.00. The third kappa shape index (κ3) is 3.45. The first-order valence-electron chi connectivity index (χ1n) is 6.30. The predicted molar refractivity (Wildman–Crippen MR) is 77.4 cm³/mol. The summed E-state index contributed by atoms with van der Waals surface area (Å²) in [7, 11) is 3.01. The summed E-state index contributed by atoms with van der Waals surface area (Å²) in [5.74, 6) is 1.55. The van der Waals surface area contributed by atoms with Gasteiger partial charge in [0.2, 0.25) is 0 Å². The SMILES string of the molecule is COc1cc(OCc2ccc(C=O)cc2OC)ccc1O. The van der Waals surface area contributed by atoms with Crippen LogP contribution in [0.25, 0.3) is 0 Å². The van der Waals surface area contributed by atoms with E-state index in [1.807, 2.05) is 0 Å². The molecule has 0 spiro atoms. The molecule has 0 aliphatic carbocycles. The first-order valence-corrected chi connectivity index (χ1v) is 6.30. The molecule has 2 rings (SSSR count). The van der Waals surface area contributed by atoms with Crippen LogP contribution in [0.5, 0.6) is 23.0 Å². The first-order chi connectivity index (χ1) is 10.2. The minimum atomic E-state index is 0.0535. The smallest absolute Gasteiger partial charge is 0.164 e. The number of hydrogen-bond donors (Lipinski definition) is 1. The van der Waals surface area contributed by atoms with Gasteiger partial charge in [-0.05, 0) is 18.2 Å². The Morgan fingerprint density at radius 1 is 1.05 bits per heavy atom. The summed E-state index contributed by atoms with van der Waals surface area (Å²) in [6.07, 6.45) is 0.762. The van der Waals surface area contributed by atoms with Gasteiger partial charge in [0.25, 0.3) is 0 Å². The molecule has 2 aromatic carbocycles. The van der Waals surface area contributed by atoms with E-state index in [2.05, 4.69) is 0 Å². The molecule has 0 bridgehead atoms. The largest absolute Gasteiger partial charge is 0.504 e. The van der Waals surface area contributed by atoms with Crippen molar-refractivity contribution in [2.45, 2.75) is 6.61 Å². The van der Waals surface area contributed by atoms with Crippen molar-refractivity contribution < 1.29 is 24.1 Å². The lowest BCUT2D eigenvalue weighted by Gasteiger charge is -2.12. The van der Waals surface area contributed by atoms with Crippen molar-refractivity contribution in [3.63, 3.8) is 0 Å². The van der Waals surface area contributed by atoms with Crippen LogP contribution in [0, 0.1) is 0 Å². The number of phenolic OH excluding ortho intramolecular Hbond substituents is 1. The molecule has 0 radical (unpaired) electrons. The van der Waals surface area contributed by atoms with Gasteiger partial charge < -0.3 is 19.3 Å². The lowest BCUT2D eigenvalue weighted by atomic mass is 10.1. The van der Waals surface area contributed by atoms with Crippen LogP contribution in [0.4, 0.5) is 0 Å². The van der Waals surface area contributed by atoms with Crippen molar-refractivity contribution in [2.24, 2.45) is 0 Å². The summed E-state index contributed by atoms with van der Waals surface area (Å²) < 4.78 is 15.9. The molecule has 0 saturated heterocycles. The predicted octanol–water partition coefficient (Wildman–Crippen LogP) is 2.80. The fourth-order valence-corrected chi connectivity index (χ4v) is 1.86. The average molecular weight is 288 g/mol. The minimum absolute atomic E-state index is 0.0535. The number of carbonyl (C=O) groups excluding carboxylic acids is 1. The molecular weight excluding hydrogens is 272 g/mol. The Morgan fingerprint density at radius 2 is 1.81 bits per heavy atom. The summed E-state index contributed by atoms with van der Waals surface area (Å²) in [5.41, 5.74) is 1.36. The number of ether oxygens (including phenoxy) is 3. The van der Waals surface area contributed by atoms with Crippen molar-refractivity contribution in [2.75, 3.05) is 14.2 Å². The number of aromatic hydroxyl groups is 1. The van der Waals surface area contributed by atoms with E-state index in [4.69, 9.17) is 14.2 Å². The fraction of sp³-hybridized carbons (Fsp3) is 0.188. The zero-order valence-corrected chi connectivity index (χ0v) is 11.8. The van der Waals surface area contributed by atoms with Crippen molar-refractivity contribution in [1.82, 2.24) is 0 Å². The Labute approximate surface area is 122 Å². The summed E-state index contributed by atoms with van der Waals surface area (Å²) in [6, 6.07) is 9.88. The molecule has 0 heterocycles. The highest BCUT2D eigenvalue weighted by molar-refractivity contribution is 5.75. The number of hydrogen-bond acceptors (Lipinski definition) is 5. The van der Waals surface area contributed by atoms with E-state index in [9.17, 15) is 9.90 Å². The van der Waals surface area contributed by atoms with E-state index in [1.165, 1.54) is 20.3 Å². The molecule has 0 aliphatic heterocycles. The topological polar surface area (TPSA) is 65.0 Å². The molecule has 0 saturated carbocycles. The van der Waals surface area contributed by atoms with Gasteiger partial charge in [-0.25, -0.2) is 0 Å². The summed E-state index contributed by atoms with van der Waals surface area (Å²) >= 11 is 0. The lowest BCUT2D eigenvalue weighted by molar-refractivity contribution is 0.112. The number of methoxy groups -OCH3 is 2. The zero-order valence-electron chi connectivity index (χ0n) is 11.8. The average Bonchev–Trinajstić information content (AvgIpc) is 2.53. The van der Waals surface area contributed by atoms with Crippen LogP contribution in [0.15, 0.2) is 36.4 Å². The number of benzene rings is 2. The van der Waals surface area contributed by atoms with Gasteiger partial charge in [0.05, 0.1) is 14.2 Å². The molecule has 5 heteroatoms. The van der Waals surface area contributed by atoms with Crippen LogP contribution in [0.2, 0.25) is 0 Å². The van der Waals surface area contributed by atoms with Crippen molar-refractivity contribution in [3.05, 3.63) is 47.5 Å². The van der Waals surface area contributed by atoms with Gasteiger partial charge in [-0.15, -0.1) is 0 Å². The van der Waals surface area contributed by atoms with E-state index < -0.39 is 0 Å². The van der Waals surface area contributed by atoms with Crippen molar-refractivity contribution >= 4 is 6.29 Å². The van der Waals surface area contributed by atoms with E-state index in [1.54, 1.807) is 30.3 Å². The Balaban J connectivity index is 2.14. The van der Waals surface area contributed by atoms with E-state index >= 15 is 0 Å². The molecule has 0 fully saturated rings. The molecule has 1 N–H and O–H groups in total. The Hall–Kier alpha value is -2.69. The molecule has 0 amide bonds. The molecule has 0 aliphatic rings. The summed E-state index contributed by atoms with van der Waals surface area (Å²) in [5, 5.41) is 9.53. The zero-order chi connectivity index (χ0) is 15.2. The summed E-state index contributed by atoms with van der Waals surface area (Å²) in [6.45, 7) is 0.274. The van der Waals surface area contributed by atoms with Crippen LogP contribution < -0.4 is 14.2 Å². The van der Waals surface area contributed by atoms with E-state index in [-0.39, 0.29) is 12.4 Å². The van der Waals surface area contributed by atoms with Gasteiger partial charge >= 0.3 is 0 Å². The van der Waals surface area contributed by atoms with Crippen molar-refractivity contribution in [3.8, 4) is 23.0 Å². The molecule has 0 unspecified atom stereocenters. The Morgan fingerprint density at radius 3 is 2.48 bits per heavy atom. The quantitative estimate of drug-likeness (QED) is 0.828. The molecule has 21 heavy (non-hydrogen) atoms. The van der Waals surface area contributed by atoms with Gasteiger partial charge in [0.15, 0.2) is 11.5 Å². The molecule has 110 valence electrons. The van der Waals surface area contributed by atoms with Gasteiger partial charge in [-0.3, -0.25) is 4.79 Å². The molecule has 5 nitrogen and oxygen atoms in total. The highest BCUT2D eigenvalue weighted by Crippen LogP contribution is 2.30. The first kappa shape index (κ1) is 14.7. The third-order valence-corrected chi connectivity index (χ3v) is 2.99. The fourth-order valence-electron chi connectivity index (χ4n) is 1.86. The molecule has 2 aromatic rings. The standard InChI is InChI=1S/C16H16O5/c1-19-15-7-11(9-17)3-4-12(15)10-21-13-5-6-14(18)16(8-13)20-2/h3-9,18H,10H2,1-2H3. The second kappa shape index (κ2) is 6.65. The van der Waals surface area contributed by atoms with Crippen LogP contribution in [0.3, 0.4) is 0 Å². The monoisotopic (exact) mass is 288 g/mol. The van der Waals surface area contributed by atoms with Gasteiger partial charge in [0.1, 0.15) is 24.4 Å². The van der Waals surface area contributed by atoms with Crippen molar-refractivity contribution in [1.29, 1.82) is 0 Å². The maximum Gasteiger partial charge on any atom is 0.164 e. The molecule has 0 aromatic heterocycles. The third-order valence-electron chi connectivity index (χ3n) is 2.99. The second-order valence-corrected chi connectivity index (χ2v) is 4.31. The van der Waals surface area contributed by atoms with Crippen LogP contribution in [-0.4, -0.2) is 25.6 Å². The highest BCUT2D eigenvalue weighted by Gasteiger charge is 2.07. The normalized spacial score (nSPS) is 10.0. The molecular formula is C16H16O5. The number of rotatable bonds is 6. The van der Waals surface area contributed by atoms with Crippen LogP contribution in [-0.2, 0) is 6.61 Å². The Bertz CT molecular complexity index is 637. The number of carbonyl (C=O) groups is 1. The maximum absolute atomic E-state index is 10.7. The number of phenols is 1. The highest BCUT2D eigenvalue weighted by atomic mass is 16.5. The van der Waals surface area contributed by atoms with Gasteiger partial charge in [0, 0.05) is 17.2 Å². The maximum atomic E-state index is 10.7. The molecule has 0 atom stereocenters. The minimum Gasteiger partial charge on any atom is -0.504 e. The second-order valence-electron chi connectivity index (χ2n) is 4.31. The van der Waals surface area contributed by atoms with Gasteiger partial charge in [-0.2, -0.15) is 0 Å². The van der Waals surface area contributed by atoms with E-state index in [0.717, 1.165) is 11.8 Å².